The second-order valence-electron chi connectivity index (χ2n) is 5.25. The van der Waals surface area contributed by atoms with E-state index in [1.54, 1.807) is 4.68 Å². The van der Waals surface area contributed by atoms with Crippen LogP contribution in [0.1, 0.15) is 52.3 Å². The molecule has 1 heterocycles. The normalized spacial score (nSPS) is 17.1. The van der Waals surface area contributed by atoms with Gasteiger partial charge >= 0.3 is 0 Å². The topological polar surface area (TPSA) is 77.0 Å². The summed E-state index contributed by atoms with van der Waals surface area (Å²) in [7, 11) is 0. The maximum absolute atomic E-state index is 10.2. The first-order chi connectivity index (χ1) is 7.86. The van der Waals surface area contributed by atoms with Crippen LogP contribution in [0.2, 0.25) is 0 Å². The van der Waals surface area contributed by atoms with Gasteiger partial charge in [0.1, 0.15) is 0 Å². The van der Waals surface area contributed by atoms with E-state index in [0.29, 0.717) is 6.54 Å². The maximum Gasteiger partial charge on any atom is 0.0994 e. The molecule has 98 valence electrons. The summed E-state index contributed by atoms with van der Waals surface area (Å²) in [5.74, 6) is 0.166. The Morgan fingerprint density at radius 2 is 2.18 bits per heavy atom. The van der Waals surface area contributed by atoms with E-state index < -0.39 is 5.60 Å². The van der Waals surface area contributed by atoms with Crippen molar-refractivity contribution in [2.45, 2.75) is 58.7 Å². The molecule has 0 spiro atoms. The molecule has 1 rings (SSSR count). The number of aromatic nitrogens is 3. The molecule has 0 aliphatic heterocycles. The lowest BCUT2D eigenvalue weighted by Crippen LogP contribution is -2.36. The summed E-state index contributed by atoms with van der Waals surface area (Å²) in [6.45, 7) is 8.32. The third-order valence-electron chi connectivity index (χ3n) is 3.26. The van der Waals surface area contributed by atoms with Gasteiger partial charge in [0, 0.05) is 0 Å². The van der Waals surface area contributed by atoms with Crippen LogP contribution < -0.4 is 5.73 Å². The van der Waals surface area contributed by atoms with Gasteiger partial charge in [-0.2, -0.15) is 0 Å². The minimum Gasteiger partial charge on any atom is -0.388 e. The first-order valence-corrected chi connectivity index (χ1v) is 6.24. The van der Waals surface area contributed by atoms with Gasteiger partial charge < -0.3 is 10.8 Å². The summed E-state index contributed by atoms with van der Waals surface area (Å²) in [5, 5.41) is 18.2. The highest BCUT2D eigenvalue weighted by Gasteiger charge is 2.26. The molecule has 3 N–H and O–H groups in total. The first kappa shape index (κ1) is 14.1. The average molecular weight is 240 g/mol. The molecule has 2 atom stereocenters. The number of hydrogen-bond donors (Lipinski definition) is 2. The molecule has 0 aromatic carbocycles. The van der Waals surface area contributed by atoms with Crippen molar-refractivity contribution in [3.8, 4) is 0 Å². The van der Waals surface area contributed by atoms with Crippen molar-refractivity contribution in [1.29, 1.82) is 0 Å². The molecule has 0 amide bonds. The Kier molecular flexibility index (Phi) is 4.65. The highest BCUT2D eigenvalue weighted by atomic mass is 16.3. The van der Waals surface area contributed by atoms with Gasteiger partial charge in [-0.1, -0.05) is 32.4 Å². The van der Waals surface area contributed by atoms with Crippen molar-refractivity contribution in [2.24, 2.45) is 11.7 Å². The van der Waals surface area contributed by atoms with E-state index in [2.05, 4.69) is 17.2 Å². The van der Waals surface area contributed by atoms with Gasteiger partial charge in [0.25, 0.3) is 0 Å². The molecule has 0 saturated heterocycles. The Hall–Kier alpha value is -0.940. The summed E-state index contributed by atoms with van der Waals surface area (Å²) >= 11 is 0. The Morgan fingerprint density at radius 1 is 1.53 bits per heavy atom. The summed E-state index contributed by atoms with van der Waals surface area (Å²) in [5.41, 5.74) is 5.98. The minimum atomic E-state index is -0.778. The Bertz CT molecular complexity index is 346. The monoisotopic (exact) mass is 240 g/mol. The molecule has 0 radical (unpaired) electrons. The summed E-state index contributed by atoms with van der Waals surface area (Å²) in [6.07, 6.45) is 3.76. The largest absolute Gasteiger partial charge is 0.388 e. The molecule has 0 aliphatic carbocycles. The van der Waals surface area contributed by atoms with Crippen molar-refractivity contribution < 1.29 is 5.11 Å². The molecule has 5 nitrogen and oxygen atoms in total. The second-order valence-corrected chi connectivity index (χ2v) is 5.25. The van der Waals surface area contributed by atoms with Crippen molar-refractivity contribution in [3.63, 3.8) is 0 Å². The molecule has 0 bridgehead atoms. The smallest absolute Gasteiger partial charge is 0.0994 e. The fourth-order valence-electron chi connectivity index (χ4n) is 1.53. The van der Waals surface area contributed by atoms with E-state index in [-0.39, 0.29) is 12.0 Å². The van der Waals surface area contributed by atoms with Crippen molar-refractivity contribution >= 4 is 0 Å². The van der Waals surface area contributed by atoms with E-state index in [9.17, 15) is 5.11 Å². The van der Waals surface area contributed by atoms with E-state index in [4.69, 9.17) is 5.73 Å². The third kappa shape index (κ3) is 3.78. The SMILES string of the molecule is CCCC(N)c1cn(CC(C)(O)C(C)C)nn1. The summed E-state index contributed by atoms with van der Waals surface area (Å²) < 4.78 is 1.67. The van der Waals surface area contributed by atoms with Gasteiger partial charge in [-0.25, -0.2) is 4.68 Å². The molecule has 0 fully saturated rings. The number of nitrogens with two attached hydrogens (primary N) is 1. The Balaban J connectivity index is 2.69. The lowest BCUT2D eigenvalue weighted by molar-refractivity contribution is -0.00611. The van der Waals surface area contributed by atoms with E-state index in [0.717, 1.165) is 18.5 Å². The highest BCUT2D eigenvalue weighted by Crippen LogP contribution is 2.19. The van der Waals surface area contributed by atoms with Crippen LogP contribution in [-0.4, -0.2) is 25.7 Å². The lowest BCUT2D eigenvalue weighted by atomic mass is 9.93. The average Bonchev–Trinajstić information content (AvgIpc) is 2.65. The Morgan fingerprint density at radius 3 is 2.71 bits per heavy atom. The lowest BCUT2D eigenvalue weighted by Gasteiger charge is -2.27. The van der Waals surface area contributed by atoms with Crippen LogP contribution in [0.15, 0.2) is 6.20 Å². The van der Waals surface area contributed by atoms with Gasteiger partial charge in [0.15, 0.2) is 0 Å². The number of nitrogens with zero attached hydrogens (tertiary/aromatic N) is 3. The molecule has 5 heteroatoms. The van der Waals surface area contributed by atoms with Crippen molar-refractivity contribution in [2.75, 3.05) is 0 Å². The predicted molar refractivity (Wildman–Crippen MR) is 67.3 cm³/mol. The molecule has 0 saturated carbocycles. The van der Waals surface area contributed by atoms with Gasteiger partial charge in [-0.3, -0.25) is 0 Å². The summed E-state index contributed by atoms with van der Waals surface area (Å²) in [4.78, 5) is 0. The number of aliphatic hydroxyl groups is 1. The van der Waals surface area contributed by atoms with Crippen LogP contribution in [0.4, 0.5) is 0 Å². The van der Waals surface area contributed by atoms with E-state index in [1.165, 1.54) is 0 Å². The van der Waals surface area contributed by atoms with Crippen LogP contribution in [0.5, 0.6) is 0 Å². The zero-order valence-corrected chi connectivity index (χ0v) is 11.2. The zero-order valence-electron chi connectivity index (χ0n) is 11.2. The Labute approximate surface area is 103 Å². The van der Waals surface area contributed by atoms with Crippen LogP contribution in [0.3, 0.4) is 0 Å². The first-order valence-electron chi connectivity index (χ1n) is 6.24. The van der Waals surface area contributed by atoms with Crippen molar-refractivity contribution in [1.82, 2.24) is 15.0 Å². The third-order valence-corrected chi connectivity index (χ3v) is 3.26. The molecule has 1 aromatic heterocycles. The predicted octanol–water partition coefficient (Wildman–Crippen LogP) is 1.48. The molecular weight excluding hydrogens is 216 g/mol. The van der Waals surface area contributed by atoms with Gasteiger partial charge in [-0.05, 0) is 19.3 Å². The highest BCUT2D eigenvalue weighted by molar-refractivity contribution is 4.99. The van der Waals surface area contributed by atoms with Crippen molar-refractivity contribution in [3.05, 3.63) is 11.9 Å². The van der Waals surface area contributed by atoms with Gasteiger partial charge in [0.2, 0.25) is 0 Å². The molecule has 2 unspecified atom stereocenters. The van der Waals surface area contributed by atoms with Gasteiger partial charge in [0.05, 0.1) is 30.1 Å². The quantitative estimate of drug-likeness (QED) is 0.789. The van der Waals surface area contributed by atoms with E-state index in [1.807, 2.05) is 27.0 Å². The minimum absolute atomic E-state index is 0.0576. The van der Waals surface area contributed by atoms with E-state index >= 15 is 0 Å². The summed E-state index contributed by atoms with van der Waals surface area (Å²) in [6, 6.07) is -0.0576. The molecular formula is C12H24N4O. The maximum atomic E-state index is 10.2. The number of hydrogen-bond acceptors (Lipinski definition) is 4. The van der Waals surface area contributed by atoms with Gasteiger partial charge in [-0.15, -0.1) is 5.10 Å². The van der Waals surface area contributed by atoms with Crippen LogP contribution >= 0.6 is 0 Å². The standard InChI is InChI=1S/C12H24N4O/c1-5-6-10(13)11-7-16(15-14-11)8-12(4,17)9(2)3/h7,9-10,17H,5-6,8,13H2,1-4H3. The van der Waals surface area contributed by atoms with Crippen LogP contribution in [0.25, 0.3) is 0 Å². The fourth-order valence-corrected chi connectivity index (χ4v) is 1.53. The van der Waals surface area contributed by atoms with Crippen LogP contribution in [0, 0.1) is 5.92 Å². The fraction of sp³-hybridized carbons (Fsp3) is 0.833. The van der Waals surface area contributed by atoms with Crippen LogP contribution in [-0.2, 0) is 6.54 Å². The molecule has 1 aromatic rings. The molecule has 17 heavy (non-hydrogen) atoms. The second kappa shape index (κ2) is 5.60. The number of rotatable bonds is 6. The zero-order chi connectivity index (χ0) is 13.1. The molecule has 0 aliphatic rings.